The molecule has 3 aromatic rings. The van der Waals surface area contributed by atoms with Gasteiger partial charge in [-0.25, -0.2) is 14.6 Å². The summed E-state index contributed by atoms with van der Waals surface area (Å²) in [5.41, 5.74) is 2.36. The molecule has 0 amide bonds. The van der Waals surface area contributed by atoms with Crippen LogP contribution in [0.4, 0.5) is 0 Å². The smallest absolute Gasteiger partial charge is 0.276 e. The minimum Gasteiger partial charge on any atom is -0.289 e. The standard InChI is InChI=1S/C14H12N4O/c1-10-13(11-5-3-2-4-6-11)17-18(14(10)19)12-7-8-15-9-16-12/h2-9,17H,1H3. The average Bonchev–Trinajstić information content (AvgIpc) is 2.77. The van der Waals surface area contributed by atoms with Crippen LogP contribution in [0.3, 0.4) is 0 Å². The number of aromatic amines is 1. The molecule has 0 spiro atoms. The van der Waals surface area contributed by atoms with Crippen molar-refractivity contribution in [1.82, 2.24) is 19.7 Å². The molecule has 0 fully saturated rings. The predicted octanol–water partition coefficient (Wildman–Crippen LogP) is 1.93. The molecule has 0 unspecified atom stereocenters. The zero-order chi connectivity index (χ0) is 13.2. The van der Waals surface area contributed by atoms with Crippen LogP contribution in [0.5, 0.6) is 0 Å². The first-order valence-electron chi connectivity index (χ1n) is 5.91. The van der Waals surface area contributed by atoms with Gasteiger partial charge in [-0.1, -0.05) is 30.3 Å². The Labute approximate surface area is 109 Å². The fraction of sp³-hybridized carbons (Fsp3) is 0.0714. The maximum atomic E-state index is 12.2. The molecule has 0 saturated heterocycles. The van der Waals surface area contributed by atoms with Crippen molar-refractivity contribution in [2.75, 3.05) is 0 Å². The first kappa shape index (κ1) is 11.4. The SMILES string of the molecule is Cc1c(-c2ccccc2)[nH]n(-c2ccncn2)c1=O. The Kier molecular flexibility index (Phi) is 2.72. The molecule has 3 rings (SSSR count). The van der Waals surface area contributed by atoms with Crippen LogP contribution >= 0.6 is 0 Å². The highest BCUT2D eigenvalue weighted by Gasteiger charge is 2.13. The number of nitrogens with one attached hydrogen (secondary N) is 1. The van der Waals surface area contributed by atoms with Gasteiger partial charge in [0.2, 0.25) is 0 Å². The third kappa shape index (κ3) is 1.95. The van der Waals surface area contributed by atoms with Crippen LogP contribution in [0.25, 0.3) is 17.1 Å². The van der Waals surface area contributed by atoms with Crippen LogP contribution in [0.2, 0.25) is 0 Å². The summed E-state index contributed by atoms with van der Waals surface area (Å²) in [4.78, 5) is 20.2. The Morgan fingerprint density at radius 1 is 1.16 bits per heavy atom. The summed E-state index contributed by atoms with van der Waals surface area (Å²) in [7, 11) is 0. The van der Waals surface area contributed by atoms with Crippen LogP contribution in [0, 0.1) is 6.92 Å². The summed E-state index contributed by atoms with van der Waals surface area (Å²) in [6.45, 7) is 1.80. The van der Waals surface area contributed by atoms with Gasteiger partial charge in [0.1, 0.15) is 6.33 Å². The predicted molar refractivity (Wildman–Crippen MR) is 72.2 cm³/mol. The van der Waals surface area contributed by atoms with Gasteiger partial charge in [-0.15, -0.1) is 0 Å². The highest BCUT2D eigenvalue weighted by molar-refractivity contribution is 5.62. The zero-order valence-electron chi connectivity index (χ0n) is 10.4. The lowest BCUT2D eigenvalue weighted by Gasteiger charge is -2.00. The summed E-state index contributed by atoms with van der Waals surface area (Å²) < 4.78 is 1.43. The Hall–Kier alpha value is -2.69. The van der Waals surface area contributed by atoms with Crippen LogP contribution in [-0.2, 0) is 0 Å². The van der Waals surface area contributed by atoms with Crippen molar-refractivity contribution in [3.63, 3.8) is 0 Å². The van der Waals surface area contributed by atoms with Gasteiger partial charge in [-0.05, 0) is 12.5 Å². The number of nitrogens with zero attached hydrogens (tertiary/aromatic N) is 3. The summed E-state index contributed by atoms with van der Waals surface area (Å²) in [6.07, 6.45) is 3.02. The maximum absolute atomic E-state index is 12.2. The second kappa shape index (κ2) is 4.53. The lowest BCUT2D eigenvalue weighted by atomic mass is 10.1. The van der Waals surface area contributed by atoms with Crippen molar-refractivity contribution in [3.8, 4) is 17.1 Å². The third-order valence-corrected chi connectivity index (χ3v) is 2.98. The number of H-pyrrole nitrogens is 1. The molecule has 0 aliphatic heterocycles. The fourth-order valence-electron chi connectivity index (χ4n) is 1.98. The molecule has 0 saturated carbocycles. The van der Waals surface area contributed by atoms with Crippen molar-refractivity contribution < 1.29 is 0 Å². The van der Waals surface area contributed by atoms with Crippen molar-refractivity contribution >= 4 is 0 Å². The van der Waals surface area contributed by atoms with Crippen molar-refractivity contribution in [2.45, 2.75) is 6.92 Å². The van der Waals surface area contributed by atoms with E-state index in [0.29, 0.717) is 11.4 Å². The molecule has 5 heteroatoms. The molecule has 0 aliphatic rings. The molecular formula is C14H12N4O. The molecular weight excluding hydrogens is 240 g/mol. The summed E-state index contributed by atoms with van der Waals surface area (Å²) in [6, 6.07) is 11.4. The minimum absolute atomic E-state index is 0.0995. The molecule has 5 nitrogen and oxygen atoms in total. The first-order valence-corrected chi connectivity index (χ1v) is 5.91. The lowest BCUT2D eigenvalue weighted by Crippen LogP contribution is -2.16. The molecule has 1 aromatic carbocycles. The van der Waals surface area contributed by atoms with E-state index < -0.39 is 0 Å². The molecule has 94 valence electrons. The van der Waals surface area contributed by atoms with Crippen LogP contribution in [0.1, 0.15) is 5.56 Å². The average molecular weight is 252 g/mol. The van der Waals surface area contributed by atoms with Crippen molar-refractivity contribution in [1.29, 1.82) is 0 Å². The third-order valence-electron chi connectivity index (χ3n) is 2.98. The van der Waals surface area contributed by atoms with Gasteiger partial charge in [-0.3, -0.25) is 9.89 Å². The molecule has 0 aliphatic carbocycles. The van der Waals surface area contributed by atoms with E-state index in [1.54, 1.807) is 19.2 Å². The summed E-state index contributed by atoms with van der Waals surface area (Å²) in [5.74, 6) is 0.533. The molecule has 2 heterocycles. The molecule has 0 bridgehead atoms. The quantitative estimate of drug-likeness (QED) is 0.758. The van der Waals surface area contributed by atoms with Crippen LogP contribution < -0.4 is 5.56 Å². The van der Waals surface area contributed by atoms with Crippen molar-refractivity contribution in [2.24, 2.45) is 0 Å². The van der Waals surface area contributed by atoms with Gasteiger partial charge in [0.25, 0.3) is 5.56 Å². The molecule has 0 atom stereocenters. The second-order valence-corrected chi connectivity index (χ2v) is 4.19. The van der Waals surface area contributed by atoms with E-state index in [-0.39, 0.29) is 5.56 Å². The van der Waals surface area contributed by atoms with Gasteiger partial charge < -0.3 is 0 Å². The fourth-order valence-corrected chi connectivity index (χ4v) is 1.98. The van der Waals surface area contributed by atoms with Gasteiger partial charge in [0.15, 0.2) is 5.82 Å². The van der Waals surface area contributed by atoms with E-state index in [1.165, 1.54) is 11.0 Å². The highest BCUT2D eigenvalue weighted by Crippen LogP contribution is 2.18. The Morgan fingerprint density at radius 3 is 2.63 bits per heavy atom. The molecule has 19 heavy (non-hydrogen) atoms. The Morgan fingerprint density at radius 2 is 1.95 bits per heavy atom. The second-order valence-electron chi connectivity index (χ2n) is 4.19. The number of rotatable bonds is 2. The Balaban J connectivity index is 2.19. The first-order chi connectivity index (χ1) is 9.27. The topological polar surface area (TPSA) is 63.6 Å². The normalized spacial score (nSPS) is 10.6. The largest absolute Gasteiger partial charge is 0.289 e. The highest BCUT2D eigenvalue weighted by atomic mass is 16.1. The number of hydrogen-bond acceptors (Lipinski definition) is 3. The number of aromatic nitrogens is 4. The lowest BCUT2D eigenvalue weighted by molar-refractivity contribution is 0.814. The van der Waals surface area contributed by atoms with E-state index in [0.717, 1.165) is 11.3 Å². The van der Waals surface area contributed by atoms with E-state index in [4.69, 9.17) is 0 Å². The van der Waals surface area contributed by atoms with Gasteiger partial charge >= 0.3 is 0 Å². The van der Waals surface area contributed by atoms with E-state index >= 15 is 0 Å². The van der Waals surface area contributed by atoms with E-state index in [2.05, 4.69) is 15.1 Å². The molecule has 1 N–H and O–H groups in total. The van der Waals surface area contributed by atoms with Gasteiger partial charge in [-0.2, -0.15) is 0 Å². The Bertz CT molecular complexity index is 744. The van der Waals surface area contributed by atoms with Gasteiger partial charge in [0.05, 0.1) is 5.69 Å². The van der Waals surface area contributed by atoms with Crippen LogP contribution in [-0.4, -0.2) is 19.7 Å². The zero-order valence-corrected chi connectivity index (χ0v) is 10.4. The monoisotopic (exact) mass is 252 g/mol. The number of benzene rings is 1. The molecule has 2 aromatic heterocycles. The molecule has 0 radical (unpaired) electrons. The maximum Gasteiger partial charge on any atom is 0.276 e. The van der Waals surface area contributed by atoms with Crippen LogP contribution in [0.15, 0.2) is 53.7 Å². The van der Waals surface area contributed by atoms with Crippen molar-refractivity contribution in [3.05, 3.63) is 64.8 Å². The summed E-state index contributed by atoms with van der Waals surface area (Å²) in [5, 5.41) is 3.10. The minimum atomic E-state index is -0.0995. The van der Waals surface area contributed by atoms with Gasteiger partial charge in [0, 0.05) is 17.8 Å². The number of hydrogen-bond donors (Lipinski definition) is 1. The van der Waals surface area contributed by atoms with E-state index in [9.17, 15) is 4.79 Å². The van der Waals surface area contributed by atoms with E-state index in [1.807, 2.05) is 30.3 Å². The summed E-state index contributed by atoms with van der Waals surface area (Å²) >= 11 is 0.